The third-order valence-electron chi connectivity index (χ3n) is 3.36. The van der Waals surface area contributed by atoms with Crippen molar-refractivity contribution in [2.45, 2.75) is 32.1 Å². The molecule has 3 nitrogen and oxygen atoms in total. The summed E-state index contributed by atoms with van der Waals surface area (Å²) in [7, 11) is 0. The van der Waals surface area contributed by atoms with Crippen molar-refractivity contribution in [1.82, 2.24) is 0 Å². The topological polar surface area (TPSA) is 49.3 Å². The SMILES string of the molecule is O=C(O)c1ccc(NCCC2=CCCCC2)c(Br)c1. The van der Waals surface area contributed by atoms with E-state index in [2.05, 4.69) is 27.3 Å². The van der Waals surface area contributed by atoms with E-state index in [9.17, 15) is 4.79 Å². The number of carbonyl (C=O) groups is 1. The van der Waals surface area contributed by atoms with Crippen LogP contribution in [0.4, 0.5) is 5.69 Å². The molecule has 1 aromatic carbocycles. The quantitative estimate of drug-likeness (QED) is 0.787. The molecule has 19 heavy (non-hydrogen) atoms. The predicted octanol–water partition coefficient (Wildman–Crippen LogP) is 4.45. The van der Waals surface area contributed by atoms with Gasteiger partial charge in [-0.2, -0.15) is 0 Å². The molecule has 4 heteroatoms. The van der Waals surface area contributed by atoms with Gasteiger partial charge in [-0.1, -0.05) is 11.6 Å². The molecule has 0 aliphatic heterocycles. The van der Waals surface area contributed by atoms with Crippen LogP contribution in [0.2, 0.25) is 0 Å². The number of carboxylic acid groups (broad SMARTS) is 1. The Kier molecular flexibility index (Phi) is 5.02. The average molecular weight is 324 g/mol. The molecule has 1 aliphatic rings. The third-order valence-corrected chi connectivity index (χ3v) is 4.02. The first-order valence-electron chi connectivity index (χ1n) is 6.61. The van der Waals surface area contributed by atoms with Gasteiger partial charge in [0.05, 0.1) is 5.56 Å². The Morgan fingerprint density at radius 3 is 2.84 bits per heavy atom. The number of hydrogen-bond donors (Lipinski definition) is 2. The van der Waals surface area contributed by atoms with Crippen LogP contribution >= 0.6 is 15.9 Å². The highest BCUT2D eigenvalue weighted by molar-refractivity contribution is 9.10. The first kappa shape index (κ1) is 14.1. The van der Waals surface area contributed by atoms with Gasteiger partial charge in [0.1, 0.15) is 0 Å². The summed E-state index contributed by atoms with van der Waals surface area (Å²) >= 11 is 3.40. The van der Waals surface area contributed by atoms with Crippen molar-refractivity contribution >= 4 is 27.6 Å². The lowest BCUT2D eigenvalue weighted by Crippen LogP contribution is -2.05. The van der Waals surface area contributed by atoms with E-state index in [0.29, 0.717) is 5.56 Å². The minimum atomic E-state index is -0.903. The van der Waals surface area contributed by atoms with Crippen LogP contribution in [0.5, 0.6) is 0 Å². The summed E-state index contributed by atoms with van der Waals surface area (Å²) in [6.07, 6.45) is 8.48. The highest BCUT2D eigenvalue weighted by Crippen LogP contribution is 2.25. The van der Waals surface area contributed by atoms with Crippen molar-refractivity contribution < 1.29 is 9.90 Å². The van der Waals surface area contributed by atoms with Gasteiger partial charge in [-0.05, 0) is 66.2 Å². The maximum Gasteiger partial charge on any atom is 0.335 e. The van der Waals surface area contributed by atoms with Crippen molar-refractivity contribution in [1.29, 1.82) is 0 Å². The van der Waals surface area contributed by atoms with Crippen LogP contribution in [0, 0.1) is 0 Å². The van der Waals surface area contributed by atoms with Gasteiger partial charge in [0.25, 0.3) is 0 Å². The van der Waals surface area contributed by atoms with E-state index in [0.717, 1.165) is 23.1 Å². The molecular weight excluding hydrogens is 306 g/mol. The minimum absolute atomic E-state index is 0.299. The molecule has 0 heterocycles. The maximum absolute atomic E-state index is 10.8. The van der Waals surface area contributed by atoms with Crippen LogP contribution in [-0.2, 0) is 0 Å². The van der Waals surface area contributed by atoms with Crippen molar-refractivity contribution in [3.05, 3.63) is 39.9 Å². The van der Waals surface area contributed by atoms with Gasteiger partial charge >= 0.3 is 5.97 Å². The first-order chi connectivity index (χ1) is 9.16. The van der Waals surface area contributed by atoms with E-state index in [1.165, 1.54) is 31.3 Å². The fourth-order valence-electron chi connectivity index (χ4n) is 2.28. The van der Waals surface area contributed by atoms with E-state index >= 15 is 0 Å². The molecule has 0 fully saturated rings. The van der Waals surface area contributed by atoms with E-state index < -0.39 is 5.97 Å². The van der Waals surface area contributed by atoms with E-state index in [4.69, 9.17) is 5.11 Å². The van der Waals surface area contributed by atoms with E-state index in [1.807, 2.05) is 6.07 Å². The minimum Gasteiger partial charge on any atom is -0.478 e. The summed E-state index contributed by atoms with van der Waals surface area (Å²) in [6, 6.07) is 5.06. The Bertz CT molecular complexity index is 497. The number of nitrogens with one attached hydrogen (secondary N) is 1. The van der Waals surface area contributed by atoms with Crippen LogP contribution in [-0.4, -0.2) is 17.6 Å². The Labute approximate surface area is 121 Å². The molecule has 0 atom stereocenters. The molecule has 0 amide bonds. The summed E-state index contributed by atoms with van der Waals surface area (Å²) in [5.74, 6) is -0.903. The zero-order valence-electron chi connectivity index (χ0n) is 10.8. The summed E-state index contributed by atoms with van der Waals surface area (Å²) in [4.78, 5) is 10.8. The van der Waals surface area contributed by atoms with Crippen LogP contribution in [0.15, 0.2) is 34.3 Å². The number of rotatable bonds is 5. The van der Waals surface area contributed by atoms with Crippen LogP contribution in [0.3, 0.4) is 0 Å². The Balaban J connectivity index is 1.89. The molecule has 0 saturated heterocycles. The second kappa shape index (κ2) is 6.75. The van der Waals surface area contributed by atoms with E-state index in [1.54, 1.807) is 12.1 Å². The highest BCUT2D eigenvalue weighted by Gasteiger charge is 2.07. The van der Waals surface area contributed by atoms with Gasteiger partial charge < -0.3 is 10.4 Å². The molecule has 0 bridgehead atoms. The number of halogens is 1. The Hall–Kier alpha value is -1.29. The number of hydrogen-bond acceptors (Lipinski definition) is 2. The average Bonchev–Trinajstić information content (AvgIpc) is 2.41. The third kappa shape index (κ3) is 4.10. The normalized spacial score (nSPS) is 14.9. The molecular formula is C15H18BrNO2. The predicted molar refractivity (Wildman–Crippen MR) is 80.8 cm³/mol. The number of allylic oxidation sites excluding steroid dienone is 1. The van der Waals surface area contributed by atoms with Crippen LogP contribution in [0.1, 0.15) is 42.5 Å². The molecule has 0 unspecified atom stereocenters. The number of carboxylic acids is 1. The first-order valence-corrected chi connectivity index (χ1v) is 7.41. The summed E-state index contributed by atoms with van der Waals surface area (Å²) in [5, 5.41) is 12.2. The smallest absolute Gasteiger partial charge is 0.335 e. The van der Waals surface area contributed by atoms with Gasteiger partial charge in [0, 0.05) is 16.7 Å². The molecule has 2 rings (SSSR count). The molecule has 2 N–H and O–H groups in total. The van der Waals surface area contributed by atoms with Crippen molar-refractivity contribution in [2.24, 2.45) is 0 Å². The molecule has 0 radical (unpaired) electrons. The summed E-state index contributed by atoms with van der Waals surface area (Å²) in [6.45, 7) is 0.886. The van der Waals surface area contributed by atoms with Gasteiger partial charge in [-0.25, -0.2) is 4.79 Å². The van der Waals surface area contributed by atoms with Gasteiger partial charge in [0.2, 0.25) is 0 Å². The zero-order valence-corrected chi connectivity index (χ0v) is 12.4. The summed E-state index contributed by atoms with van der Waals surface area (Å²) in [5.41, 5.74) is 2.78. The molecule has 1 aliphatic carbocycles. The summed E-state index contributed by atoms with van der Waals surface area (Å²) < 4.78 is 0.796. The zero-order chi connectivity index (χ0) is 13.7. The molecule has 0 spiro atoms. The number of aromatic carboxylic acids is 1. The number of benzene rings is 1. The molecule has 1 aromatic rings. The second-order valence-corrected chi connectivity index (χ2v) is 5.64. The van der Waals surface area contributed by atoms with Crippen LogP contribution < -0.4 is 5.32 Å². The van der Waals surface area contributed by atoms with Gasteiger partial charge in [0.15, 0.2) is 0 Å². The van der Waals surface area contributed by atoms with Gasteiger partial charge in [-0.15, -0.1) is 0 Å². The van der Waals surface area contributed by atoms with Crippen molar-refractivity contribution in [3.63, 3.8) is 0 Å². The number of anilines is 1. The highest BCUT2D eigenvalue weighted by atomic mass is 79.9. The monoisotopic (exact) mass is 323 g/mol. The van der Waals surface area contributed by atoms with Gasteiger partial charge in [-0.3, -0.25) is 0 Å². The molecule has 102 valence electrons. The fourth-order valence-corrected chi connectivity index (χ4v) is 2.80. The molecule has 0 aromatic heterocycles. The Morgan fingerprint density at radius 1 is 1.37 bits per heavy atom. The van der Waals surface area contributed by atoms with Crippen molar-refractivity contribution in [2.75, 3.05) is 11.9 Å². The van der Waals surface area contributed by atoms with Crippen molar-refractivity contribution in [3.8, 4) is 0 Å². The fraction of sp³-hybridized carbons (Fsp3) is 0.400. The lowest BCUT2D eigenvalue weighted by Gasteiger charge is -2.14. The standard InChI is InChI=1S/C15H18BrNO2/c16-13-10-12(15(18)19)6-7-14(13)17-9-8-11-4-2-1-3-5-11/h4,6-7,10,17H,1-3,5,8-9H2,(H,18,19). The van der Waals surface area contributed by atoms with Crippen LogP contribution in [0.25, 0.3) is 0 Å². The Morgan fingerprint density at radius 2 is 2.21 bits per heavy atom. The maximum atomic E-state index is 10.8. The lowest BCUT2D eigenvalue weighted by molar-refractivity contribution is 0.0697. The van der Waals surface area contributed by atoms with E-state index in [-0.39, 0.29) is 0 Å². The molecule has 0 saturated carbocycles. The second-order valence-electron chi connectivity index (χ2n) is 4.78. The lowest BCUT2D eigenvalue weighted by atomic mass is 9.97. The largest absolute Gasteiger partial charge is 0.478 e.